The van der Waals surface area contributed by atoms with Gasteiger partial charge in [-0.1, -0.05) is 13.0 Å². The van der Waals surface area contributed by atoms with Crippen molar-refractivity contribution in [1.29, 1.82) is 0 Å². The maximum absolute atomic E-state index is 10.9. The Morgan fingerprint density at radius 2 is 2.39 bits per heavy atom. The largest absolute Gasteiger partial charge is 0.477 e. The average molecular weight is 250 g/mol. The van der Waals surface area contributed by atoms with Crippen LogP contribution in [0.4, 0.5) is 5.82 Å². The van der Waals surface area contributed by atoms with Crippen LogP contribution in [0.3, 0.4) is 0 Å². The first kappa shape index (κ1) is 12.8. The minimum atomic E-state index is -0.996. The molecule has 1 fully saturated rings. The SMILES string of the molecule is CCC1CN(c2cccc(C(=O)O)n2)C(C)CO1. The molecule has 2 atom stereocenters. The van der Waals surface area contributed by atoms with Crippen molar-refractivity contribution in [3.05, 3.63) is 23.9 Å². The van der Waals surface area contributed by atoms with E-state index in [1.54, 1.807) is 6.07 Å². The molecular formula is C13H18N2O3. The highest BCUT2D eigenvalue weighted by molar-refractivity contribution is 5.85. The lowest BCUT2D eigenvalue weighted by Gasteiger charge is -2.38. The van der Waals surface area contributed by atoms with Gasteiger partial charge in [0.05, 0.1) is 18.8 Å². The van der Waals surface area contributed by atoms with Crippen molar-refractivity contribution in [3.63, 3.8) is 0 Å². The molecule has 2 heterocycles. The van der Waals surface area contributed by atoms with E-state index in [0.717, 1.165) is 13.0 Å². The molecule has 98 valence electrons. The number of ether oxygens (including phenoxy) is 1. The van der Waals surface area contributed by atoms with Crippen LogP contribution in [0.2, 0.25) is 0 Å². The molecule has 5 heteroatoms. The van der Waals surface area contributed by atoms with Gasteiger partial charge in [-0.05, 0) is 25.5 Å². The van der Waals surface area contributed by atoms with E-state index in [-0.39, 0.29) is 17.8 Å². The summed E-state index contributed by atoms with van der Waals surface area (Å²) in [5.41, 5.74) is 0.0826. The van der Waals surface area contributed by atoms with E-state index in [4.69, 9.17) is 9.84 Å². The van der Waals surface area contributed by atoms with Crippen LogP contribution in [0.1, 0.15) is 30.8 Å². The molecule has 0 aromatic carbocycles. The number of hydrogen-bond acceptors (Lipinski definition) is 4. The summed E-state index contributed by atoms with van der Waals surface area (Å²) < 4.78 is 5.68. The number of carboxylic acids is 1. The molecule has 1 aliphatic heterocycles. The Morgan fingerprint density at radius 3 is 3.06 bits per heavy atom. The molecule has 1 N–H and O–H groups in total. The Bertz CT molecular complexity index is 436. The summed E-state index contributed by atoms with van der Waals surface area (Å²) >= 11 is 0. The Balaban J connectivity index is 2.23. The highest BCUT2D eigenvalue weighted by Gasteiger charge is 2.26. The maximum Gasteiger partial charge on any atom is 0.354 e. The van der Waals surface area contributed by atoms with Crippen molar-refractivity contribution in [2.24, 2.45) is 0 Å². The fraction of sp³-hybridized carbons (Fsp3) is 0.538. The van der Waals surface area contributed by atoms with Crippen LogP contribution in [0.15, 0.2) is 18.2 Å². The summed E-state index contributed by atoms with van der Waals surface area (Å²) in [5, 5.41) is 8.97. The van der Waals surface area contributed by atoms with E-state index in [2.05, 4.69) is 23.7 Å². The molecule has 0 spiro atoms. The van der Waals surface area contributed by atoms with Crippen molar-refractivity contribution in [1.82, 2.24) is 4.98 Å². The fourth-order valence-electron chi connectivity index (χ4n) is 2.09. The van der Waals surface area contributed by atoms with Gasteiger partial charge in [0.1, 0.15) is 5.82 Å². The zero-order valence-corrected chi connectivity index (χ0v) is 10.7. The van der Waals surface area contributed by atoms with E-state index in [9.17, 15) is 4.79 Å². The molecule has 2 unspecified atom stereocenters. The molecule has 1 saturated heterocycles. The van der Waals surface area contributed by atoms with Crippen LogP contribution < -0.4 is 4.90 Å². The summed E-state index contributed by atoms with van der Waals surface area (Å²) in [7, 11) is 0. The fourth-order valence-corrected chi connectivity index (χ4v) is 2.09. The standard InChI is InChI=1S/C13H18N2O3/c1-3-10-7-15(9(2)8-18-10)12-6-4-5-11(14-12)13(16)17/h4-6,9-10H,3,7-8H2,1-2H3,(H,16,17). The van der Waals surface area contributed by atoms with Crippen LogP contribution in [0, 0.1) is 0 Å². The monoisotopic (exact) mass is 250 g/mol. The van der Waals surface area contributed by atoms with Crippen LogP contribution >= 0.6 is 0 Å². The summed E-state index contributed by atoms with van der Waals surface area (Å²) in [6, 6.07) is 5.30. The predicted octanol–water partition coefficient (Wildman–Crippen LogP) is 1.78. The van der Waals surface area contributed by atoms with Crippen molar-refractivity contribution in [2.45, 2.75) is 32.4 Å². The molecular weight excluding hydrogens is 232 g/mol. The average Bonchev–Trinajstić information content (AvgIpc) is 2.39. The molecule has 18 heavy (non-hydrogen) atoms. The van der Waals surface area contributed by atoms with Crippen molar-refractivity contribution >= 4 is 11.8 Å². The first-order chi connectivity index (χ1) is 8.61. The van der Waals surface area contributed by atoms with Crippen molar-refractivity contribution in [2.75, 3.05) is 18.1 Å². The number of morpholine rings is 1. The van der Waals surface area contributed by atoms with E-state index in [1.165, 1.54) is 6.07 Å². The van der Waals surface area contributed by atoms with E-state index >= 15 is 0 Å². The molecule has 0 radical (unpaired) electrons. The summed E-state index contributed by atoms with van der Waals surface area (Å²) in [5.74, 6) is -0.283. The van der Waals surface area contributed by atoms with Gasteiger partial charge in [-0.3, -0.25) is 0 Å². The molecule has 1 aromatic rings. The second-order valence-electron chi connectivity index (χ2n) is 4.55. The van der Waals surface area contributed by atoms with Gasteiger partial charge in [-0.25, -0.2) is 9.78 Å². The molecule has 1 aliphatic rings. The quantitative estimate of drug-likeness (QED) is 0.886. The van der Waals surface area contributed by atoms with Crippen LogP contribution in [-0.2, 0) is 4.74 Å². The second-order valence-corrected chi connectivity index (χ2v) is 4.55. The van der Waals surface area contributed by atoms with Crippen LogP contribution in [0.25, 0.3) is 0 Å². The lowest BCUT2D eigenvalue weighted by atomic mass is 10.1. The predicted molar refractivity (Wildman–Crippen MR) is 68.0 cm³/mol. The second kappa shape index (κ2) is 5.35. The smallest absolute Gasteiger partial charge is 0.354 e. The Hall–Kier alpha value is -1.62. The van der Waals surface area contributed by atoms with Gasteiger partial charge in [0.25, 0.3) is 0 Å². The highest BCUT2D eigenvalue weighted by atomic mass is 16.5. The third kappa shape index (κ3) is 2.61. The third-order valence-corrected chi connectivity index (χ3v) is 3.21. The first-order valence-corrected chi connectivity index (χ1v) is 6.20. The van der Waals surface area contributed by atoms with Gasteiger partial charge in [-0.15, -0.1) is 0 Å². The molecule has 5 nitrogen and oxygen atoms in total. The Morgan fingerprint density at radius 1 is 1.61 bits per heavy atom. The minimum Gasteiger partial charge on any atom is -0.477 e. The number of carbonyl (C=O) groups is 1. The van der Waals surface area contributed by atoms with Crippen molar-refractivity contribution in [3.8, 4) is 0 Å². The Kier molecular flexibility index (Phi) is 3.81. The lowest BCUT2D eigenvalue weighted by Crippen LogP contribution is -2.48. The number of rotatable bonds is 3. The van der Waals surface area contributed by atoms with Crippen LogP contribution in [0.5, 0.6) is 0 Å². The Labute approximate surface area is 106 Å². The van der Waals surface area contributed by atoms with Gasteiger partial charge < -0.3 is 14.7 Å². The minimum absolute atomic E-state index is 0.0826. The normalized spacial score (nSPS) is 24.0. The molecule has 0 aliphatic carbocycles. The van der Waals surface area contributed by atoms with E-state index in [0.29, 0.717) is 12.4 Å². The molecule has 2 rings (SSSR count). The van der Waals surface area contributed by atoms with Crippen LogP contribution in [-0.4, -0.2) is 41.4 Å². The number of aromatic nitrogens is 1. The number of anilines is 1. The molecule has 0 saturated carbocycles. The van der Waals surface area contributed by atoms with Gasteiger partial charge in [0, 0.05) is 6.54 Å². The summed E-state index contributed by atoms with van der Waals surface area (Å²) in [4.78, 5) is 17.2. The van der Waals surface area contributed by atoms with Gasteiger partial charge in [-0.2, -0.15) is 0 Å². The molecule has 0 bridgehead atoms. The van der Waals surface area contributed by atoms with Gasteiger partial charge >= 0.3 is 5.97 Å². The number of hydrogen-bond donors (Lipinski definition) is 1. The van der Waals surface area contributed by atoms with Gasteiger partial charge in [0.15, 0.2) is 5.69 Å². The maximum atomic E-state index is 10.9. The highest BCUT2D eigenvalue weighted by Crippen LogP contribution is 2.21. The first-order valence-electron chi connectivity index (χ1n) is 6.20. The number of carboxylic acid groups (broad SMARTS) is 1. The van der Waals surface area contributed by atoms with Crippen molar-refractivity contribution < 1.29 is 14.6 Å². The third-order valence-electron chi connectivity index (χ3n) is 3.21. The molecule has 0 amide bonds. The number of pyridine rings is 1. The zero-order valence-electron chi connectivity index (χ0n) is 10.7. The molecule has 1 aromatic heterocycles. The lowest BCUT2D eigenvalue weighted by molar-refractivity contribution is 0.0204. The number of aromatic carboxylic acids is 1. The number of nitrogens with zero attached hydrogens (tertiary/aromatic N) is 2. The van der Waals surface area contributed by atoms with E-state index < -0.39 is 5.97 Å². The zero-order chi connectivity index (χ0) is 13.1. The topological polar surface area (TPSA) is 62.7 Å². The summed E-state index contributed by atoms with van der Waals surface area (Å²) in [6.45, 7) is 5.55. The summed E-state index contributed by atoms with van der Waals surface area (Å²) in [6.07, 6.45) is 1.14. The van der Waals surface area contributed by atoms with Gasteiger partial charge in [0.2, 0.25) is 0 Å². The van der Waals surface area contributed by atoms with E-state index in [1.807, 2.05) is 6.07 Å².